The molecule has 0 unspecified atom stereocenters. The van der Waals surface area contributed by atoms with Crippen molar-refractivity contribution in [1.82, 2.24) is 10.2 Å². The van der Waals surface area contributed by atoms with Gasteiger partial charge in [-0.25, -0.2) is 8.42 Å². The summed E-state index contributed by atoms with van der Waals surface area (Å²) in [5, 5.41) is 2.85. The molecule has 0 saturated carbocycles. The van der Waals surface area contributed by atoms with Crippen molar-refractivity contribution in [1.29, 1.82) is 0 Å². The molecule has 0 aliphatic rings. The minimum atomic E-state index is -4.07. The number of carbonyl (C=O) groups is 2. The lowest BCUT2D eigenvalue weighted by Gasteiger charge is -2.32. The van der Waals surface area contributed by atoms with Gasteiger partial charge in [0.1, 0.15) is 12.6 Å². The molecule has 0 bridgehead atoms. The van der Waals surface area contributed by atoms with Crippen molar-refractivity contribution in [3.63, 3.8) is 0 Å². The predicted molar refractivity (Wildman–Crippen MR) is 151 cm³/mol. The van der Waals surface area contributed by atoms with E-state index < -0.39 is 28.5 Å². The van der Waals surface area contributed by atoms with Crippen LogP contribution < -0.4 is 9.62 Å². The molecule has 0 aliphatic heterocycles. The number of sulfonamides is 1. The van der Waals surface area contributed by atoms with Crippen molar-refractivity contribution in [3.8, 4) is 0 Å². The van der Waals surface area contributed by atoms with E-state index in [-0.39, 0.29) is 17.3 Å². The van der Waals surface area contributed by atoms with Gasteiger partial charge < -0.3 is 10.2 Å². The van der Waals surface area contributed by atoms with E-state index in [1.807, 2.05) is 58.0 Å². The quantitative estimate of drug-likeness (QED) is 0.384. The van der Waals surface area contributed by atoms with Crippen molar-refractivity contribution < 1.29 is 18.0 Å². The van der Waals surface area contributed by atoms with Gasteiger partial charge in [0.25, 0.3) is 10.0 Å². The van der Waals surface area contributed by atoms with Crippen molar-refractivity contribution >= 4 is 27.5 Å². The lowest BCUT2D eigenvalue weighted by atomic mass is 10.1. The zero-order valence-corrected chi connectivity index (χ0v) is 23.6. The van der Waals surface area contributed by atoms with Crippen LogP contribution in [0.5, 0.6) is 0 Å². The van der Waals surface area contributed by atoms with E-state index in [4.69, 9.17) is 0 Å². The number of hydrogen-bond donors (Lipinski definition) is 1. The highest BCUT2D eigenvalue weighted by molar-refractivity contribution is 7.92. The van der Waals surface area contributed by atoms with Gasteiger partial charge >= 0.3 is 0 Å². The van der Waals surface area contributed by atoms with E-state index in [9.17, 15) is 18.0 Å². The summed E-state index contributed by atoms with van der Waals surface area (Å²) in [5.74, 6) is -0.750. The Morgan fingerprint density at radius 3 is 2.24 bits per heavy atom. The average Bonchev–Trinajstić information content (AvgIpc) is 2.90. The monoisotopic (exact) mass is 535 g/mol. The molecule has 0 radical (unpaired) electrons. The number of aryl methyl sites for hydroxylation is 3. The molecule has 202 valence electrons. The molecule has 3 aromatic carbocycles. The first-order valence-electron chi connectivity index (χ1n) is 12.8. The molecule has 0 aliphatic carbocycles. The van der Waals surface area contributed by atoms with Crippen LogP contribution in [0, 0.1) is 20.8 Å². The number of carbonyl (C=O) groups excluding carboxylic acids is 2. The highest BCUT2D eigenvalue weighted by Gasteiger charge is 2.32. The largest absolute Gasteiger partial charge is 0.354 e. The first kappa shape index (κ1) is 28.9. The molecule has 0 spiro atoms. The van der Waals surface area contributed by atoms with E-state index in [0.29, 0.717) is 12.2 Å². The van der Waals surface area contributed by atoms with Gasteiger partial charge in [0.05, 0.1) is 10.6 Å². The van der Waals surface area contributed by atoms with Gasteiger partial charge in [0.2, 0.25) is 11.8 Å². The van der Waals surface area contributed by atoms with Gasteiger partial charge in [0, 0.05) is 13.1 Å². The highest BCUT2D eigenvalue weighted by atomic mass is 32.2. The summed E-state index contributed by atoms with van der Waals surface area (Å²) < 4.78 is 28.8. The second-order valence-electron chi connectivity index (χ2n) is 9.57. The molecule has 0 heterocycles. The summed E-state index contributed by atoms with van der Waals surface area (Å²) in [6.07, 6.45) is 0.764. The Kier molecular flexibility index (Phi) is 9.69. The van der Waals surface area contributed by atoms with Gasteiger partial charge in [0.15, 0.2) is 0 Å². The Labute approximate surface area is 226 Å². The maximum Gasteiger partial charge on any atom is 0.264 e. The Morgan fingerprint density at radius 2 is 1.61 bits per heavy atom. The zero-order chi connectivity index (χ0) is 27.9. The molecule has 2 amide bonds. The summed E-state index contributed by atoms with van der Waals surface area (Å²) in [5.41, 5.74) is 4.20. The summed E-state index contributed by atoms with van der Waals surface area (Å²) in [6.45, 7) is 9.65. The Hall–Kier alpha value is -3.65. The first-order valence-corrected chi connectivity index (χ1v) is 14.3. The fourth-order valence-corrected chi connectivity index (χ4v) is 5.54. The van der Waals surface area contributed by atoms with Crippen molar-refractivity contribution in [2.24, 2.45) is 0 Å². The molecule has 1 atom stereocenters. The molecular formula is C30H37N3O4S. The second kappa shape index (κ2) is 12.7. The Bertz CT molecular complexity index is 1370. The van der Waals surface area contributed by atoms with Crippen LogP contribution >= 0.6 is 0 Å². The Morgan fingerprint density at radius 1 is 0.895 bits per heavy atom. The van der Waals surface area contributed by atoms with E-state index in [1.165, 1.54) is 17.0 Å². The molecule has 7 nitrogen and oxygen atoms in total. The van der Waals surface area contributed by atoms with Gasteiger partial charge in [-0.3, -0.25) is 13.9 Å². The van der Waals surface area contributed by atoms with E-state index in [0.717, 1.165) is 33.0 Å². The summed E-state index contributed by atoms with van der Waals surface area (Å²) in [7, 11) is -4.07. The fourth-order valence-electron chi connectivity index (χ4n) is 4.11. The number of benzene rings is 3. The van der Waals surface area contributed by atoms with Crippen LogP contribution in [0.25, 0.3) is 0 Å². The number of nitrogens with one attached hydrogen (secondary N) is 1. The SMILES string of the molecule is CCCNC(=O)[C@@H](C)N(Cc1cccc(C)c1)C(=O)CN(c1ccc(C)c(C)c1)S(=O)(=O)c1ccccc1. The van der Waals surface area contributed by atoms with Gasteiger partial charge in [-0.05, 0) is 75.1 Å². The third-order valence-corrected chi connectivity index (χ3v) is 8.33. The second-order valence-corrected chi connectivity index (χ2v) is 11.4. The number of amides is 2. The molecule has 0 saturated heterocycles. The zero-order valence-electron chi connectivity index (χ0n) is 22.8. The molecule has 8 heteroatoms. The van der Waals surface area contributed by atoms with Crippen LogP contribution in [0.15, 0.2) is 77.7 Å². The Balaban J connectivity index is 2.03. The minimum Gasteiger partial charge on any atom is -0.354 e. The molecule has 0 fully saturated rings. The van der Waals surface area contributed by atoms with Crippen LogP contribution in [-0.4, -0.2) is 44.3 Å². The van der Waals surface area contributed by atoms with Crippen LogP contribution in [0.3, 0.4) is 0 Å². The van der Waals surface area contributed by atoms with Gasteiger partial charge in [-0.15, -0.1) is 0 Å². The van der Waals surface area contributed by atoms with Crippen LogP contribution in [-0.2, 0) is 26.2 Å². The molecule has 1 N–H and O–H groups in total. The molecule has 38 heavy (non-hydrogen) atoms. The molecule has 3 rings (SSSR count). The normalized spacial score (nSPS) is 12.0. The topological polar surface area (TPSA) is 86.8 Å². The van der Waals surface area contributed by atoms with E-state index in [2.05, 4.69) is 5.32 Å². The maximum absolute atomic E-state index is 13.9. The standard InChI is InChI=1S/C30H37N3O4S/c1-6-17-31-30(35)25(5)32(20-26-12-10-11-22(2)18-26)29(34)21-33(27-16-15-23(3)24(4)19-27)38(36,37)28-13-8-7-9-14-28/h7-16,18-19,25H,6,17,20-21H2,1-5H3,(H,31,35)/t25-/m1/s1. The first-order chi connectivity index (χ1) is 18.0. The van der Waals surface area contributed by atoms with E-state index >= 15 is 0 Å². The number of anilines is 1. The molecule has 3 aromatic rings. The molecule has 0 aromatic heterocycles. The number of rotatable bonds is 11. The molecular weight excluding hydrogens is 498 g/mol. The van der Waals surface area contributed by atoms with Crippen molar-refractivity contribution in [2.45, 2.75) is 58.5 Å². The van der Waals surface area contributed by atoms with Gasteiger partial charge in [-0.1, -0.05) is 61.0 Å². The third kappa shape index (κ3) is 7.01. The number of hydrogen-bond acceptors (Lipinski definition) is 4. The van der Waals surface area contributed by atoms with E-state index in [1.54, 1.807) is 37.3 Å². The predicted octanol–water partition coefficient (Wildman–Crippen LogP) is 4.75. The summed E-state index contributed by atoms with van der Waals surface area (Å²) >= 11 is 0. The number of nitrogens with zero attached hydrogens (tertiary/aromatic N) is 2. The maximum atomic E-state index is 13.9. The summed E-state index contributed by atoms with van der Waals surface area (Å²) in [4.78, 5) is 28.4. The van der Waals surface area contributed by atoms with Crippen LogP contribution in [0.4, 0.5) is 5.69 Å². The van der Waals surface area contributed by atoms with Crippen LogP contribution in [0.1, 0.15) is 42.5 Å². The third-order valence-electron chi connectivity index (χ3n) is 6.54. The fraction of sp³-hybridized carbons (Fsp3) is 0.333. The van der Waals surface area contributed by atoms with Gasteiger partial charge in [-0.2, -0.15) is 0 Å². The van der Waals surface area contributed by atoms with Crippen molar-refractivity contribution in [2.75, 3.05) is 17.4 Å². The summed E-state index contributed by atoms with van der Waals surface area (Å²) in [6, 6.07) is 20.3. The van der Waals surface area contributed by atoms with Crippen molar-refractivity contribution in [3.05, 3.63) is 95.1 Å². The average molecular weight is 536 g/mol. The van der Waals surface area contributed by atoms with Crippen LogP contribution in [0.2, 0.25) is 0 Å². The minimum absolute atomic E-state index is 0.0880. The lowest BCUT2D eigenvalue weighted by molar-refractivity contribution is -0.139. The smallest absolute Gasteiger partial charge is 0.264 e. The lowest BCUT2D eigenvalue weighted by Crippen LogP contribution is -2.51. The highest BCUT2D eigenvalue weighted by Crippen LogP contribution is 2.26.